The number of aromatic nitrogens is 3. The molecule has 0 aliphatic carbocycles. The number of nitrogens with one attached hydrogen (secondary N) is 3. The van der Waals surface area contributed by atoms with Crippen LogP contribution in [-0.2, 0) is 26.6 Å². The fraction of sp³-hybridized carbons (Fsp3) is 0.132. The van der Waals surface area contributed by atoms with Crippen molar-refractivity contribution < 1.29 is 59.9 Å². The summed E-state index contributed by atoms with van der Waals surface area (Å²) in [5.41, 5.74) is 8.17. The number of benzene rings is 4. The van der Waals surface area contributed by atoms with E-state index in [4.69, 9.17) is 10.8 Å². The molecule has 0 aliphatic heterocycles. The minimum absolute atomic E-state index is 0. The second kappa shape index (κ2) is 25.2. The number of hydrogen-bond acceptors (Lipinski definition) is 8. The topological polar surface area (TPSA) is 163 Å². The van der Waals surface area contributed by atoms with Gasteiger partial charge in [0.2, 0.25) is 0 Å². The molecule has 14 heteroatoms. The Morgan fingerprint density at radius 2 is 1.23 bits per heavy atom. The van der Waals surface area contributed by atoms with Crippen LogP contribution in [0.1, 0.15) is 33.7 Å². The number of aromatic amines is 3. The summed E-state index contributed by atoms with van der Waals surface area (Å²) in [6, 6.07) is 31.4. The molecule has 0 saturated carbocycles. The molecule has 0 unspecified atom stereocenters. The van der Waals surface area contributed by atoms with Gasteiger partial charge in [-0.1, -0.05) is 91.0 Å². The summed E-state index contributed by atoms with van der Waals surface area (Å²) < 4.78 is 9.77. The molecule has 0 atom stereocenters. The van der Waals surface area contributed by atoms with E-state index in [1.807, 2.05) is 91.3 Å². The van der Waals surface area contributed by atoms with Gasteiger partial charge in [0, 0.05) is 74.8 Å². The van der Waals surface area contributed by atoms with E-state index in [1.165, 1.54) is 30.7 Å². The number of thiol groups is 1. The van der Waals surface area contributed by atoms with E-state index >= 15 is 0 Å². The van der Waals surface area contributed by atoms with Crippen molar-refractivity contribution in [2.24, 2.45) is 5.73 Å². The first kappa shape index (κ1) is 46.2. The van der Waals surface area contributed by atoms with E-state index in [2.05, 4.69) is 71.8 Å². The summed E-state index contributed by atoms with van der Waals surface area (Å²) in [6.07, 6.45) is 6.57. The SMILES string of the molecule is COC(=O)CN.COC(=O)c1[nH]cc2ccccc12.O=Cc1ccccc1I.OCc1[nH]cc2ccccc12.SCc1[nH]cc2ccccc12.[B].[H-].[Na+]. The number of carbonyl (C=O) groups is 3. The number of fused-ring (bicyclic) bond motifs is 3. The van der Waals surface area contributed by atoms with Crippen molar-refractivity contribution in [1.29, 1.82) is 0 Å². The van der Waals surface area contributed by atoms with E-state index < -0.39 is 0 Å². The maximum Gasteiger partial charge on any atom is 1.00 e. The van der Waals surface area contributed by atoms with E-state index in [0.29, 0.717) is 5.69 Å². The van der Waals surface area contributed by atoms with Gasteiger partial charge in [0.25, 0.3) is 0 Å². The largest absolute Gasteiger partial charge is 1.00 e. The third-order valence-corrected chi connectivity index (χ3v) is 8.41. The number of aliphatic hydroxyl groups excluding tert-OH is 1. The summed E-state index contributed by atoms with van der Waals surface area (Å²) in [7, 11) is 2.67. The van der Waals surface area contributed by atoms with Crippen molar-refractivity contribution in [3.8, 4) is 0 Å². The zero-order valence-corrected chi connectivity index (χ0v) is 34.2. The van der Waals surface area contributed by atoms with Crippen LogP contribution < -0.4 is 35.3 Å². The van der Waals surface area contributed by atoms with Gasteiger partial charge in [0.15, 0.2) is 6.29 Å². The van der Waals surface area contributed by atoms with Gasteiger partial charge < -0.3 is 36.7 Å². The Morgan fingerprint density at radius 3 is 1.67 bits per heavy atom. The predicted molar refractivity (Wildman–Crippen MR) is 217 cm³/mol. The zero-order valence-electron chi connectivity index (χ0n) is 30.1. The number of halogens is 1. The van der Waals surface area contributed by atoms with Crippen LogP contribution in [-0.4, -0.2) is 67.5 Å². The monoisotopic (exact) mass is 841 g/mol. The van der Waals surface area contributed by atoms with Crippen LogP contribution in [0.25, 0.3) is 32.3 Å². The Labute approximate surface area is 347 Å². The van der Waals surface area contributed by atoms with Gasteiger partial charge >= 0.3 is 41.5 Å². The molecule has 0 amide bonds. The van der Waals surface area contributed by atoms with Crippen LogP contribution in [0.3, 0.4) is 0 Å². The van der Waals surface area contributed by atoms with Crippen LogP contribution >= 0.6 is 35.2 Å². The molecular weight excluding hydrogens is 801 g/mol. The molecule has 3 heterocycles. The van der Waals surface area contributed by atoms with Crippen molar-refractivity contribution in [1.82, 2.24) is 15.0 Å². The van der Waals surface area contributed by atoms with E-state index in [1.54, 1.807) is 12.3 Å². The second-order valence-electron chi connectivity index (χ2n) is 10.2. The molecule has 52 heavy (non-hydrogen) atoms. The first-order chi connectivity index (χ1) is 24.3. The number of nitrogens with two attached hydrogens (primary N) is 1. The van der Waals surface area contributed by atoms with Gasteiger partial charge in [-0.2, -0.15) is 12.6 Å². The Morgan fingerprint density at radius 1 is 0.769 bits per heavy atom. The molecule has 0 fully saturated rings. The third-order valence-electron chi connectivity index (χ3n) is 7.11. The Bertz CT molecular complexity index is 2050. The Hall–Kier alpha value is -3.83. The zero-order chi connectivity index (χ0) is 36.3. The summed E-state index contributed by atoms with van der Waals surface area (Å²) in [4.78, 5) is 40.4. The van der Waals surface area contributed by atoms with Crippen LogP contribution in [0.2, 0.25) is 0 Å². The molecule has 7 rings (SSSR count). The van der Waals surface area contributed by atoms with Crippen molar-refractivity contribution in [2.75, 3.05) is 20.8 Å². The summed E-state index contributed by atoms with van der Waals surface area (Å²) in [5, 5.41) is 15.6. The van der Waals surface area contributed by atoms with Gasteiger partial charge in [-0.25, -0.2) is 4.79 Å². The minimum Gasteiger partial charge on any atom is -1.00 e. The number of ether oxygens (including phenoxy) is 2. The van der Waals surface area contributed by atoms with Gasteiger partial charge in [-0.15, -0.1) is 0 Å². The number of hydrogen-bond donors (Lipinski definition) is 6. The van der Waals surface area contributed by atoms with E-state index in [0.717, 1.165) is 48.4 Å². The maximum atomic E-state index is 11.2. The number of rotatable bonds is 5. The molecule has 0 saturated heterocycles. The number of carbonyl (C=O) groups excluding carboxylic acids is 3. The summed E-state index contributed by atoms with van der Waals surface area (Å²) >= 11 is 6.35. The van der Waals surface area contributed by atoms with Crippen molar-refractivity contribution in [3.63, 3.8) is 0 Å². The second-order valence-corrected chi connectivity index (χ2v) is 11.7. The number of esters is 2. The molecule has 3 aromatic heterocycles. The number of aldehydes is 1. The van der Waals surface area contributed by atoms with Crippen LogP contribution in [0.15, 0.2) is 116 Å². The number of aliphatic hydroxyl groups is 1. The standard InChI is InChI=1S/C10H9NO2.C9H9NO.C9H9NS.C7H5IO.C3H7NO2.B.Na.H/c1-13-10(12)9-8-5-3-2-4-7(8)6-11-9;2*11-6-9-8-4-2-1-3-7(8)5-10-9;8-7-4-2-1-3-6(7)5-9;1-6-3(5)2-4;;;/h2-6,11H,1H3;2*1-5,10-11H,6H2;1-5H;2,4H2,1H3;;;/q;;;;;;+1;-1. The summed E-state index contributed by atoms with van der Waals surface area (Å²) in [6.45, 7) is 0.0456. The average molecular weight is 842 g/mol. The van der Waals surface area contributed by atoms with Crippen molar-refractivity contribution >= 4 is 94.2 Å². The molecule has 7 aromatic rings. The van der Waals surface area contributed by atoms with Crippen molar-refractivity contribution in [2.45, 2.75) is 12.4 Å². The van der Waals surface area contributed by atoms with E-state index in [9.17, 15) is 14.4 Å². The molecule has 0 spiro atoms. The maximum absolute atomic E-state index is 11.2. The molecule has 0 aliphatic rings. The Balaban J connectivity index is 0.000000641. The van der Waals surface area contributed by atoms with Crippen LogP contribution in [0.5, 0.6) is 0 Å². The van der Waals surface area contributed by atoms with Gasteiger partial charge in [-0.3, -0.25) is 9.59 Å². The molecule has 265 valence electrons. The van der Waals surface area contributed by atoms with E-state index in [-0.39, 0.29) is 64.5 Å². The van der Waals surface area contributed by atoms with Crippen LogP contribution in [0.4, 0.5) is 0 Å². The number of methoxy groups -OCH3 is 2. The minimum atomic E-state index is -0.380. The fourth-order valence-electron chi connectivity index (χ4n) is 4.55. The van der Waals surface area contributed by atoms with Crippen molar-refractivity contribution in [3.05, 3.63) is 142 Å². The molecule has 10 nitrogen and oxygen atoms in total. The first-order valence-corrected chi connectivity index (χ1v) is 17.0. The molecule has 0 bridgehead atoms. The molecule has 6 N–H and O–H groups in total. The van der Waals surface area contributed by atoms with Gasteiger partial charge in [-0.05, 0) is 39.4 Å². The molecular formula is C38H40BIN4NaO6S. The normalized spacial score (nSPS) is 9.50. The van der Waals surface area contributed by atoms with Crippen LogP contribution in [0, 0.1) is 3.57 Å². The third kappa shape index (κ3) is 13.6. The molecule has 3 radical (unpaired) electrons. The van der Waals surface area contributed by atoms with Gasteiger partial charge in [0.1, 0.15) is 5.69 Å². The number of H-pyrrole nitrogens is 3. The molecule has 4 aromatic carbocycles. The Kier molecular flexibility index (Phi) is 22.4. The first-order valence-electron chi connectivity index (χ1n) is 15.2. The average Bonchev–Trinajstić information content (AvgIpc) is 3.92. The smallest absolute Gasteiger partial charge is 1.00 e. The fourth-order valence-corrected chi connectivity index (χ4v) is 5.32. The predicted octanol–water partition coefficient (Wildman–Crippen LogP) is 4.17. The quantitative estimate of drug-likeness (QED) is 0.0499. The summed E-state index contributed by atoms with van der Waals surface area (Å²) in [5.74, 6) is 0.0595. The van der Waals surface area contributed by atoms with Gasteiger partial charge in [0.05, 0.1) is 27.4 Å².